The van der Waals surface area contributed by atoms with Gasteiger partial charge in [-0.2, -0.15) is 4.98 Å². The lowest BCUT2D eigenvalue weighted by atomic mass is 9.47. The van der Waals surface area contributed by atoms with Gasteiger partial charge >= 0.3 is 6.85 Å². The van der Waals surface area contributed by atoms with Crippen molar-refractivity contribution in [3.05, 3.63) is 77.9 Å². The molecule has 0 radical (unpaired) electrons. The Morgan fingerprint density at radius 3 is 2.52 bits per heavy atom. The summed E-state index contributed by atoms with van der Waals surface area (Å²) >= 11 is 0. The number of aryl methyl sites for hydroxylation is 2. The van der Waals surface area contributed by atoms with E-state index in [1.807, 2.05) is 0 Å². The summed E-state index contributed by atoms with van der Waals surface area (Å²) in [6.07, 6.45) is 0. The van der Waals surface area contributed by atoms with Gasteiger partial charge in [-0.1, -0.05) is 42.5 Å². The number of hydrogen-bond acceptors (Lipinski definition) is 3. The molecule has 0 bridgehead atoms. The highest BCUT2D eigenvalue weighted by Gasteiger charge is 2.42. The number of ether oxygens (including phenoxy) is 1. The molecule has 0 amide bonds. The second-order valence-electron chi connectivity index (χ2n) is 8.72. The Morgan fingerprint density at radius 1 is 0.871 bits per heavy atom. The lowest BCUT2D eigenvalue weighted by Gasteiger charge is -2.38. The first kappa shape index (κ1) is 17.0. The van der Waals surface area contributed by atoms with Crippen LogP contribution in [0.1, 0.15) is 11.1 Å². The zero-order chi connectivity index (χ0) is 20.9. The van der Waals surface area contributed by atoms with E-state index >= 15 is 0 Å². The van der Waals surface area contributed by atoms with Crippen LogP contribution >= 0.6 is 0 Å². The molecule has 0 aliphatic carbocycles. The van der Waals surface area contributed by atoms with Gasteiger partial charge in [0.15, 0.2) is 0 Å². The summed E-state index contributed by atoms with van der Waals surface area (Å²) in [5, 5.41) is 2.50. The van der Waals surface area contributed by atoms with E-state index in [4.69, 9.17) is 9.72 Å². The van der Waals surface area contributed by atoms with Crippen molar-refractivity contribution in [1.29, 1.82) is 0 Å². The summed E-state index contributed by atoms with van der Waals surface area (Å²) in [6.45, 7) is 4.26. The molecule has 31 heavy (non-hydrogen) atoms. The van der Waals surface area contributed by atoms with E-state index in [1.54, 1.807) is 0 Å². The highest BCUT2D eigenvalue weighted by atomic mass is 16.5. The van der Waals surface area contributed by atoms with E-state index in [1.165, 1.54) is 38.6 Å². The lowest BCUT2D eigenvalue weighted by molar-refractivity contribution is 0.439. The smallest absolute Gasteiger partial charge is 0.341 e. The molecule has 0 atom stereocenters. The number of rotatable bonds is 0. The van der Waals surface area contributed by atoms with E-state index in [0.29, 0.717) is 6.01 Å². The second kappa shape index (κ2) is 5.70. The number of nitrogens with zero attached hydrogens (tertiary/aromatic N) is 3. The minimum absolute atomic E-state index is 0.0250. The van der Waals surface area contributed by atoms with Crippen molar-refractivity contribution in [3.63, 3.8) is 0 Å². The molecule has 148 valence electrons. The second-order valence-corrected chi connectivity index (χ2v) is 8.72. The van der Waals surface area contributed by atoms with Crippen LogP contribution in [-0.4, -0.2) is 23.4 Å². The SMILES string of the molecule is Cc1cc2c3c(c1)N(C)c1cc4ccccc4cc1B3n1c(nc3c(C)cccc31)O2. The number of anilines is 2. The number of fused-ring (bicyclic) bond motifs is 7. The van der Waals surface area contributed by atoms with Gasteiger partial charge in [-0.15, -0.1) is 0 Å². The van der Waals surface area contributed by atoms with Crippen LogP contribution in [0.2, 0.25) is 0 Å². The Balaban J connectivity index is 1.64. The van der Waals surface area contributed by atoms with Crippen LogP contribution in [0, 0.1) is 13.8 Å². The largest absolute Gasteiger partial charge is 0.427 e. The van der Waals surface area contributed by atoms with E-state index in [0.717, 1.165) is 22.3 Å². The number of aromatic nitrogens is 2. The number of para-hydroxylation sites is 1. The van der Waals surface area contributed by atoms with Gasteiger partial charge in [-0.25, -0.2) is 0 Å². The maximum Gasteiger partial charge on any atom is 0.341 e. The molecule has 0 saturated carbocycles. The van der Waals surface area contributed by atoms with Gasteiger partial charge < -0.3 is 14.1 Å². The molecule has 7 rings (SSSR count). The van der Waals surface area contributed by atoms with Crippen molar-refractivity contribution < 1.29 is 4.74 Å². The Morgan fingerprint density at radius 2 is 1.68 bits per heavy atom. The Labute approximate surface area is 180 Å². The van der Waals surface area contributed by atoms with Crippen LogP contribution in [-0.2, 0) is 0 Å². The van der Waals surface area contributed by atoms with Gasteiger partial charge in [-0.05, 0) is 65.5 Å². The fourth-order valence-electron chi connectivity index (χ4n) is 5.35. The van der Waals surface area contributed by atoms with Crippen molar-refractivity contribution in [2.45, 2.75) is 13.8 Å². The van der Waals surface area contributed by atoms with E-state index < -0.39 is 0 Å². The molecule has 4 nitrogen and oxygen atoms in total. The predicted molar refractivity (Wildman–Crippen MR) is 128 cm³/mol. The third-order valence-corrected chi connectivity index (χ3v) is 6.80. The minimum Gasteiger partial charge on any atom is -0.427 e. The summed E-state index contributed by atoms with van der Waals surface area (Å²) in [4.78, 5) is 7.22. The first-order valence-corrected chi connectivity index (χ1v) is 10.7. The molecule has 2 aliphatic rings. The molecule has 2 aliphatic heterocycles. The average Bonchev–Trinajstić information content (AvgIpc) is 3.14. The number of imidazole rings is 1. The zero-order valence-electron chi connectivity index (χ0n) is 17.7. The van der Waals surface area contributed by atoms with Crippen molar-refractivity contribution in [2.75, 3.05) is 11.9 Å². The van der Waals surface area contributed by atoms with Crippen LogP contribution < -0.4 is 20.6 Å². The zero-order valence-corrected chi connectivity index (χ0v) is 17.7. The summed E-state index contributed by atoms with van der Waals surface area (Å²) in [5.74, 6) is 0.908. The molecular weight excluding hydrogens is 381 g/mol. The quantitative estimate of drug-likeness (QED) is 0.347. The molecule has 0 fully saturated rings. The topological polar surface area (TPSA) is 30.3 Å². The van der Waals surface area contributed by atoms with Crippen LogP contribution in [0.4, 0.5) is 11.4 Å². The van der Waals surface area contributed by atoms with Gasteiger partial charge in [0.25, 0.3) is 6.01 Å². The molecule has 5 heteroatoms. The molecule has 0 unspecified atom stereocenters. The Kier molecular flexibility index (Phi) is 3.13. The van der Waals surface area contributed by atoms with Crippen LogP contribution in [0.25, 0.3) is 21.8 Å². The summed E-state index contributed by atoms with van der Waals surface area (Å²) in [5.41, 5.74) is 9.39. The summed E-state index contributed by atoms with van der Waals surface area (Å²) in [7, 11) is 2.16. The van der Waals surface area contributed by atoms with Gasteiger partial charge in [-0.3, -0.25) is 0 Å². The molecule has 1 aromatic heterocycles. The van der Waals surface area contributed by atoms with E-state index in [-0.39, 0.29) is 6.85 Å². The molecule has 0 spiro atoms. The summed E-state index contributed by atoms with van der Waals surface area (Å²) < 4.78 is 8.70. The van der Waals surface area contributed by atoms with Crippen molar-refractivity contribution in [2.24, 2.45) is 0 Å². The highest BCUT2D eigenvalue weighted by molar-refractivity contribution is 6.88. The van der Waals surface area contributed by atoms with Crippen LogP contribution in [0.5, 0.6) is 11.8 Å². The molecule has 0 N–H and O–H groups in total. The van der Waals surface area contributed by atoms with Crippen LogP contribution in [0.3, 0.4) is 0 Å². The van der Waals surface area contributed by atoms with Crippen molar-refractivity contribution in [3.8, 4) is 11.8 Å². The van der Waals surface area contributed by atoms with E-state index in [2.05, 4.69) is 97.0 Å². The summed E-state index contributed by atoms with van der Waals surface area (Å²) in [6, 6.07) is 24.7. The highest BCUT2D eigenvalue weighted by Crippen LogP contribution is 2.39. The average molecular weight is 401 g/mol. The van der Waals surface area contributed by atoms with Gasteiger partial charge in [0.1, 0.15) is 5.75 Å². The third-order valence-electron chi connectivity index (χ3n) is 6.80. The van der Waals surface area contributed by atoms with Gasteiger partial charge in [0.05, 0.1) is 11.0 Å². The lowest BCUT2D eigenvalue weighted by Crippen LogP contribution is -2.56. The first-order valence-electron chi connectivity index (χ1n) is 10.7. The molecule has 3 heterocycles. The fourth-order valence-corrected chi connectivity index (χ4v) is 5.35. The number of hydrogen-bond donors (Lipinski definition) is 0. The van der Waals surface area contributed by atoms with Gasteiger partial charge in [0, 0.05) is 23.9 Å². The standard InChI is InChI=1S/C26H20BN3O/c1-15-11-22-24-23(12-15)31-26-28-25-16(2)7-6-10-20(25)30(26)27(24)19-13-17-8-4-5-9-18(17)14-21(19)29(22)3/h4-14H,1-3H3. The Bertz CT molecular complexity index is 1570. The maximum atomic E-state index is 6.42. The number of benzene rings is 4. The van der Waals surface area contributed by atoms with E-state index in [9.17, 15) is 0 Å². The molecule has 0 saturated heterocycles. The Hall–Kier alpha value is -3.73. The third kappa shape index (κ3) is 2.13. The molecule has 4 aromatic carbocycles. The maximum absolute atomic E-state index is 6.42. The normalized spacial score (nSPS) is 13.8. The monoisotopic (exact) mass is 401 g/mol. The van der Waals surface area contributed by atoms with Crippen molar-refractivity contribution in [1.82, 2.24) is 9.46 Å². The predicted octanol–water partition coefficient (Wildman–Crippen LogP) is 4.65. The van der Waals surface area contributed by atoms with Gasteiger partial charge in [0.2, 0.25) is 0 Å². The fraction of sp³-hybridized carbons (Fsp3) is 0.115. The first-order chi connectivity index (χ1) is 15.1. The minimum atomic E-state index is 0.0250. The molecular formula is C26H20BN3O. The molecule has 5 aromatic rings. The van der Waals surface area contributed by atoms with Crippen molar-refractivity contribution >= 4 is 51.0 Å². The van der Waals surface area contributed by atoms with Crippen LogP contribution in [0.15, 0.2) is 66.7 Å².